The zero-order chi connectivity index (χ0) is 6.15. The summed E-state index contributed by atoms with van der Waals surface area (Å²) < 4.78 is 1.66. The zero-order valence-electron chi connectivity index (χ0n) is 3.85. The number of hydrogen-bond donors (Lipinski definition) is 1. The van der Waals surface area contributed by atoms with E-state index in [2.05, 4.69) is 5.32 Å². The van der Waals surface area contributed by atoms with Crippen LogP contribution in [0.1, 0.15) is 7.43 Å². The van der Waals surface area contributed by atoms with Gasteiger partial charge in [-0.05, 0) is 12.2 Å². The first kappa shape index (κ1) is 9.09. The molecule has 0 spiro atoms. The summed E-state index contributed by atoms with van der Waals surface area (Å²) in [6, 6.07) is 0. The Balaban J connectivity index is 0.000000640. The van der Waals surface area contributed by atoms with E-state index in [9.17, 15) is 4.79 Å². The first-order valence-corrected chi connectivity index (χ1v) is 3.34. The van der Waals surface area contributed by atoms with Crippen LogP contribution in [0.2, 0.25) is 0 Å². The normalized spacial score (nSPS) is 17.2. The van der Waals surface area contributed by atoms with Gasteiger partial charge in [-0.1, -0.05) is 7.43 Å². The lowest BCUT2D eigenvalue weighted by Gasteiger charge is -1.99. The highest BCUT2D eigenvalue weighted by Gasteiger charge is 2.19. The molecule has 1 aliphatic rings. The molecular weight excluding hydrogens is 251 g/mol. The summed E-state index contributed by atoms with van der Waals surface area (Å²) >= 11 is 6.69. The molecule has 0 aromatic carbocycles. The van der Waals surface area contributed by atoms with E-state index in [0.29, 0.717) is 11.7 Å². The molecule has 0 bridgehead atoms. The molecule has 9 heavy (non-hydrogen) atoms. The Morgan fingerprint density at radius 3 is 2.44 bits per heavy atom. The molecule has 3 nitrogen and oxygen atoms in total. The van der Waals surface area contributed by atoms with Gasteiger partial charge in [-0.25, -0.2) is 0 Å². The topological polar surface area (TPSA) is 32.3 Å². The minimum absolute atomic E-state index is 0. The molecule has 1 fully saturated rings. The number of halogens is 1. The predicted molar refractivity (Wildman–Crippen MR) is 48.2 cm³/mol. The number of rotatable bonds is 0. The van der Waals surface area contributed by atoms with Gasteiger partial charge < -0.3 is 5.32 Å². The smallest absolute Gasteiger partial charge is 0.246 e. The average molecular weight is 258 g/mol. The zero-order valence-corrected chi connectivity index (χ0v) is 6.82. The first-order valence-electron chi connectivity index (χ1n) is 1.97. The molecular formula is C4H7IN2OS. The van der Waals surface area contributed by atoms with Gasteiger partial charge in [0.05, 0.1) is 22.9 Å². The van der Waals surface area contributed by atoms with Crippen LogP contribution in [0.5, 0.6) is 0 Å². The van der Waals surface area contributed by atoms with E-state index in [1.165, 1.54) is 0 Å². The van der Waals surface area contributed by atoms with Gasteiger partial charge in [0.25, 0.3) is 0 Å². The maximum Gasteiger partial charge on any atom is 0.246 e. The van der Waals surface area contributed by atoms with Crippen molar-refractivity contribution in [1.82, 2.24) is 8.43 Å². The number of thiocarbonyl (C=S) groups is 1. The Bertz CT molecular complexity index is 150. The lowest BCUT2D eigenvalue weighted by Crippen LogP contribution is -2.20. The second kappa shape index (κ2) is 3.31. The molecule has 0 aliphatic carbocycles. The second-order valence-corrected chi connectivity index (χ2v) is 2.92. The third-order valence-electron chi connectivity index (χ3n) is 0.749. The lowest BCUT2D eigenvalue weighted by atomic mass is 10.7. The van der Waals surface area contributed by atoms with E-state index in [1.807, 2.05) is 22.9 Å². The van der Waals surface area contributed by atoms with Crippen molar-refractivity contribution in [3.05, 3.63) is 0 Å². The van der Waals surface area contributed by atoms with Crippen LogP contribution in [0.4, 0.5) is 0 Å². The average Bonchev–Trinajstić information content (AvgIpc) is 1.85. The summed E-state index contributed by atoms with van der Waals surface area (Å²) in [7, 11) is 0. The highest BCUT2D eigenvalue weighted by Crippen LogP contribution is 2.03. The number of nitrogens with one attached hydrogen (secondary N) is 1. The summed E-state index contributed by atoms with van der Waals surface area (Å²) in [6.07, 6.45) is 0. The molecule has 1 rings (SSSR count). The van der Waals surface area contributed by atoms with Gasteiger partial charge in [0.15, 0.2) is 5.11 Å². The van der Waals surface area contributed by atoms with Crippen LogP contribution in [0, 0.1) is 0 Å². The van der Waals surface area contributed by atoms with Gasteiger partial charge in [-0.15, -0.1) is 0 Å². The molecule has 1 N–H and O–H groups in total. The molecule has 0 unspecified atom stereocenters. The van der Waals surface area contributed by atoms with Gasteiger partial charge in [0, 0.05) is 0 Å². The quantitative estimate of drug-likeness (QED) is 0.394. The number of carbonyl (C=O) groups is 1. The third-order valence-corrected chi connectivity index (χ3v) is 2.22. The van der Waals surface area contributed by atoms with Crippen LogP contribution in [-0.2, 0) is 4.79 Å². The molecule has 1 saturated heterocycles. The molecule has 52 valence electrons. The molecule has 0 atom stereocenters. The van der Waals surface area contributed by atoms with Crippen molar-refractivity contribution in [2.75, 3.05) is 6.54 Å². The van der Waals surface area contributed by atoms with Gasteiger partial charge in [-0.2, -0.15) is 0 Å². The maximum absolute atomic E-state index is 10.4. The van der Waals surface area contributed by atoms with Gasteiger partial charge in [-0.3, -0.25) is 7.91 Å². The van der Waals surface area contributed by atoms with Crippen molar-refractivity contribution in [1.29, 1.82) is 0 Å². The Morgan fingerprint density at radius 1 is 1.78 bits per heavy atom. The molecule has 1 heterocycles. The van der Waals surface area contributed by atoms with Crippen LogP contribution < -0.4 is 5.32 Å². The van der Waals surface area contributed by atoms with Crippen molar-refractivity contribution in [2.45, 2.75) is 7.43 Å². The maximum atomic E-state index is 10.4. The lowest BCUT2D eigenvalue weighted by molar-refractivity contribution is -0.117. The monoisotopic (exact) mass is 258 g/mol. The molecule has 0 aromatic heterocycles. The van der Waals surface area contributed by atoms with Gasteiger partial charge in [0.2, 0.25) is 5.91 Å². The summed E-state index contributed by atoms with van der Waals surface area (Å²) in [4.78, 5) is 10.4. The van der Waals surface area contributed by atoms with Crippen LogP contribution in [0.3, 0.4) is 0 Å². The van der Waals surface area contributed by atoms with Crippen molar-refractivity contribution >= 4 is 46.1 Å². The summed E-state index contributed by atoms with van der Waals surface area (Å²) in [5.41, 5.74) is 0. The van der Waals surface area contributed by atoms with E-state index < -0.39 is 0 Å². The fourth-order valence-corrected chi connectivity index (χ4v) is 1.03. The summed E-state index contributed by atoms with van der Waals surface area (Å²) in [6.45, 7) is 0.388. The van der Waals surface area contributed by atoms with Gasteiger partial charge >= 0.3 is 0 Å². The number of amides is 1. The molecule has 0 aromatic rings. The Kier molecular flexibility index (Phi) is 3.34. The van der Waals surface area contributed by atoms with Crippen molar-refractivity contribution in [3.8, 4) is 0 Å². The summed E-state index contributed by atoms with van der Waals surface area (Å²) in [5, 5.41) is 2.99. The van der Waals surface area contributed by atoms with Crippen LogP contribution in [0.25, 0.3) is 0 Å². The Morgan fingerprint density at radius 2 is 2.33 bits per heavy atom. The summed E-state index contributed by atoms with van der Waals surface area (Å²) in [5.74, 6) is -0.0237. The molecule has 1 amide bonds. The van der Waals surface area contributed by atoms with Crippen molar-refractivity contribution in [2.24, 2.45) is 0 Å². The number of hydrogen-bond acceptors (Lipinski definition) is 2. The number of carbonyl (C=O) groups excluding carboxylic acids is 1. The van der Waals surface area contributed by atoms with Gasteiger partial charge in [0.1, 0.15) is 6.54 Å². The van der Waals surface area contributed by atoms with Crippen LogP contribution >= 0.6 is 35.1 Å². The van der Waals surface area contributed by atoms with Crippen molar-refractivity contribution < 1.29 is 4.79 Å². The second-order valence-electron chi connectivity index (χ2n) is 1.37. The highest BCUT2D eigenvalue weighted by atomic mass is 127. The molecule has 1 aliphatic heterocycles. The molecule has 0 saturated carbocycles. The van der Waals surface area contributed by atoms with Crippen molar-refractivity contribution in [3.63, 3.8) is 0 Å². The minimum atomic E-state index is -0.0237. The fourth-order valence-electron chi connectivity index (χ4n) is 0.417. The molecule has 5 heteroatoms. The number of nitrogens with zero attached hydrogens (tertiary/aromatic N) is 1. The van der Waals surface area contributed by atoms with E-state index in [-0.39, 0.29) is 13.3 Å². The van der Waals surface area contributed by atoms with E-state index in [1.54, 1.807) is 3.11 Å². The van der Waals surface area contributed by atoms with E-state index in [4.69, 9.17) is 12.2 Å². The minimum Gasteiger partial charge on any atom is -0.301 e. The Hall–Kier alpha value is 0.0900. The fraction of sp³-hybridized carbons (Fsp3) is 0.500. The standard InChI is InChI=1S/C3H3IN2OS.CH4/c4-6-1-2(7)5-3(6)8;/h1H2,(H,5,7,8);1H4. The van der Waals surface area contributed by atoms with E-state index >= 15 is 0 Å². The SMILES string of the molecule is C.O=C1CN(I)C(=S)N1. The van der Waals surface area contributed by atoms with Crippen LogP contribution in [-0.4, -0.2) is 20.7 Å². The Labute approximate surface area is 73.3 Å². The predicted octanol–water partition coefficient (Wildman–Crippen LogP) is 0.689. The van der Waals surface area contributed by atoms with E-state index in [0.717, 1.165) is 0 Å². The third kappa shape index (κ3) is 2.05. The highest BCUT2D eigenvalue weighted by molar-refractivity contribution is 14.1. The molecule has 0 radical (unpaired) electrons. The first-order chi connectivity index (χ1) is 3.70. The van der Waals surface area contributed by atoms with Crippen LogP contribution in [0.15, 0.2) is 0 Å². The largest absolute Gasteiger partial charge is 0.301 e.